The van der Waals surface area contributed by atoms with Crippen molar-refractivity contribution in [2.75, 3.05) is 46.3 Å². The Morgan fingerprint density at radius 2 is 1.78 bits per heavy atom. The SMILES string of the molecule is CN=C(NCCCCC1CCCC1)N1CCN(CC(=O)NC(C)C)CC1.I. The fourth-order valence-electron chi connectivity index (χ4n) is 4.08. The van der Waals surface area contributed by atoms with Gasteiger partial charge in [0, 0.05) is 45.8 Å². The second-order valence-electron chi connectivity index (χ2n) is 8.11. The number of unbranched alkanes of at least 4 members (excludes halogenated alkanes) is 1. The van der Waals surface area contributed by atoms with Crippen LogP contribution in [0.4, 0.5) is 0 Å². The van der Waals surface area contributed by atoms with Crippen LogP contribution < -0.4 is 10.6 Å². The molecular weight excluding hydrogens is 453 g/mol. The lowest BCUT2D eigenvalue weighted by Crippen LogP contribution is -2.54. The number of hydrogen-bond donors (Lipinski definition) is 2. The van der Waals surface area contributed by atoms with E-state index in [4.69, 9.17) is 0 Å². The van der Waals surface area contributed by atoms with Gasteiger partial charge in [0.05, 0.1) is 6.54 Å². The van der Waals surface area contributed by atoms with E-state index in [2.05, 4.69) is 25.4 Å². The van der Waals surface area contributed by atoms with E-state index in [9.17, 15) is 4.79 Å². The molecule has 7 heteroatoms. The number of carbonyl (C=O) groups is 1. The fourth-order valence-corrected chi connectivity index (χ4v) is 4.08. The highest BCUT2D eigenvalue weighted by Gasteiger charge is 2.21. The number of amides is 1. The summed E-state index contributed by atoms with van der Waals surface area (Å²) in [6.07, 6.45) is 9.75. The quantitative estimate of drug-likeness (QED) is 0.236. The summed E-state index contributed by atoms with van der Waals surface area (Å²) in [5.41, 5.74) is 0. The maximum absolute atomic E-state index is 11.9. The molecule has 0 atom stereocenters. The van der Waals surface area contributed by atoms with Crippen molar-refractivity contribution in [2.45, 2.75) is 64.8 Å². The lowest BCUT2D eigenvalue weighted by atomic mass is 10.0. The molecule has 1 saturated carbocycles. The fraction of sp³-hybridized carbons (Fsp3) is 0.900. The molecule has 0 aromatic rings. The topological polar surface area (TPSA) is 60.0 Å². The van der Waals surface area contributed by atoms with Crippen molar-refractivity contribution < 1.29 is 4.79 Å². The van der Waals surface area contributed by atoms with Gasteiger partial charge < -0.3 is 15.5 Å². The maximum atomic E-state index is 11.9. The molecule has 1 aliphatic heterocycles. The summed E-state index contributed by atoms with van der Waals surface area (Å²) >= 11 is 0. The van der Waals surface area contributed by atoms with Crippen molar-refractivity contribution in [3.05, 3.63) is 0 Å². The molecule has 0 bridgehead atoms. The minimum Gasteiger partial charge on any atom is -0.356 e. The summed E-state index contributed by atoms with van der Waals surface area (Å²) in [6, 6.07) is 0.209. The van der Waals surface area contributed by atoms with Gasteiger partial charge in [0.15, 0.2) is 5.96 Å². The highest BCUT2D eigenvalue weighted by molar-refractivity contribution is 14.0. The van der Waals surface area contributed by atoms with E-state index in [1.807, 2.05) is 20.9 Å². The van der Waals surface area contributed by atoms with Gasteiger partial charge in [0.25, 0.3) is 0 Å². The van der Waals surface area contributed by atoms with Crippen LogP contribution in [0.15, 0.2) is 4.99 Å². The Kier molecular flexibility index (Phi) is 12.3. The van der Waals surface area contributed by atoms with Gasteiger partial charge in [-0.2, -0.15) is 0 Å². The predicted molar refractivity (Wildman–Crippen MR) is 124 cm³/mol. The minimum absolute atomic E-state index is 0. The van der Waals surface area contributed by atoms with Crippen molar-refractivity contribution >= 4 is 35.8 Å². The molecule has 2 N–H and O–H groups in total. The molecular formula is C20H40IN5O. The normalized spacial score (nSPS) is 19.3. The van der Waals surface area contributed by atoms with Crippen LogP contribution in [0.3, 0.4) is 0 Å². The third kappa shape index (κ3) is 9.45. The van der Waals surface area contributed by atoms with Gasteiger partial charge in [-0.15, -0.1) is 24.0 Å². The largest absolute Gasteiger partial charge is 0.356 e. The molecule has 1 aliphatic carbocycles. The molecule has 27 heavy (non-hydrogen) atoms. The Morgan fingerprint density at radius 3 is 2.37 bits per heavy atom. The molecule has 0 radical (unpaired) electrons. The third-order valence-electron chi connectivity index (χ3n) is 5.50. The molecule has 2 aliphatic rings. The Hall–Kier alpha value is -0.570. The number of aliphatic imine (C=N–C) groups is 1. The standard InChI is InChI=1S/C20H39N5O.HI/c1-17(2)23-19(26)16-24-12-14-25(15-13-24)20(21-3)22-11-7-6-10-18-8-4-5-9-18;/h17-18H,4-16H2,1-3H3,(H,21,22)(H,23,26);1H. The first-order chi connectivity index (χ1) is 12.6. The molecule has 0 aromatic carbocycles. The number of hydrogen-bond acceptors (Lipinski definition) is 3. The van der Waals surface area contributed by atoms with E-state index in [0.717, 1.165) is 44.6 Å². The lowest BCUT2D eigenvalue weighted by Gasteiger charge is -2.36. The Morgan fingerprint density at radius 1 is 1.11 bits per heavy atom. The molecule has 6 nitrogen and oxygen atoms in total. The molecule has 1 saturated heterocycles. The van der Waals surface area contributed by atoms with E-state index < -0.39 is 0 Å². The zero-order valence-electron chi connectivity index (χ0n) is 17.5. The molecule has 0 spiro atoms. The summed E-state index contributed by atoms with van der Waals surface area (Å²) in [7, 11) is 1.86. The van der Waals surface area contributed by atoms with Crippen LogP contribution in [0.2, 0.25) is 0 Å². The third-order valence-corrected chi connectivity index (χ3v) is 5.50. The Labute approximate surface area is 182 Å². The lowest BCUT2D eigenvalue weighted by molar-refractivity contribution is -0.123. The average Bonchev–Trinajstić information content (AvgIpc) is 3.12. The number of carbonyl (C=O) groups excluding carboxylic acids is 1. The smallest absolute Gasteiger partial charge is 0.234 e. The summed E-state index contributed by atoms with van der Waals surface area (Å²) in [4.78, 5) is 20.9. The molecule has 0 aromatic heterocycles. The highest BCUT2D eigenvalue weighted by atomic mass is 127. The van der Waals surface area contributed by atoms with Crippen molar-refractivity contribution in [3.63, 3.8) is 0 Å². The van der Waals surface area contributed by atoms with Gasteiger partial charge in [-0.05, 0) is 26.2 Å². The van der Waals surface area contributed by atoms with Gasteiger partial charge in [0.2, 0.25) is 5.91 Å². The maximum Gasteiger partial charge on any atom is 0.234 e. The van der Waals surface area contributed by atoms with Crippen molar-refractivity contribution in [1.82, 2.24) is 20.4 Å². The molecule has 2 fully saturated rings. The number of nitrogens with one attached hydrogen (secondary N) is 2. The molecule has 1 amide bonds. The van der Waals surface area contributed by atoms with E-state index in [1.54, 1.807) is 0 Å². The van der Waals surface area contributed by atoms with Crippen LogP contribution >= 0.6 is 24.0 Å². The van der Waals surface area contributed by atoms with Crippen molar-refractivity contribution in [3.8, 4) is 0 Å². The number of piperazine rings is 1. The van der Waals surface area contributed by atoms with Gasteiger partial charge in [-0.25, -0.2) is 0 Å². The summed E-state index contributed by atoms with van der Waals surface area (Å²) in [5.74, 6) is 2.13. The second-order valence-corrected chi connectivity index (χ2v) is 8.11. The summed E-state index contributed by atoms with van der Waals surface area (Å²) in [6.45, 7) is 9.18. The number of guanidine groups is 1. The first kappa shape index (κ1) is 24.5. The number of rotatable bonds is 8. The summed E-state index contributed by atoms with van der Waals surface area (Å²) in [5, 5.41) is 6.49. The van der Waals surface area contributed by atoms with Crippen LogP contribution in [0, 0.1) is 5.92 Å². The first-order valence-corrected chi connectivity index (χ1v) is 10.6. The average molecular weight is 493 g/mol. The number of nitrogens with zero attached hydrogens (tertiary/aromatic N) is 3. The highest BCUT2D eigenvalue weighted by Crippen LogP contribution is 2.28. The van der Waals surface area contributed by atoms with Crippen LogP contribution in [-0.2, 0) is 4.79 Å². The molecule has 1 heterocycles. The Bertz CT molecular complexity index is 444. The van der Waals surface area contributed by atoms with E-state index in [1.165, 1.54) is 44.9 Å². The van der Waals surface area contributed by atoms with Crippen LogP contribution in [0.1, 0.15) is 58.8 Å². The Balaban J connectivity index is 0.00000364. The van der Waals surface area contributed by atoms with E-state index >= 15 is 0 Å². The second kappa shape index (κ2) is 13.6. The zero-order valence-corrected chi connectivity index (χ0v) is 19.8. The van der Waals surface area contributed by atoms with E-state index in [0.29, 0.717) is 6.54 Å². The zero-order chi connectivity index (χ0) is 18.8. The van der Waals surface area contributed by atoms with Gasteiger partial charge in [-0.1, -0.05) is 38.5 Å². The monoisotopic (exact) mass is 493 g/mol. The van der Waals surface area contributed by atoms with Crippen molar-refractivity contribution in [1.29, 1.82) is 0 Å². The molecule has 158 valence electrons. The van der Waals surface area contributed by atoms with Gasteiger partial charge in [-0.3, -0.25) is 14.7 Å². The van der Waals surface area contributed by atoms with Gasteiger partial charge >= 0.3 is 0 Å². The molecule has 2 rings (SSSR count). The van der Waals surface area contributed by atoms with Crippen molar-refractivity contribution in [2.24, 2.45) is 10.9 Å². The van der Waals surface area contributed by atoms with Crippen LogP contribution in [-0.4, -0.2) is 74.0 Å². The predicted octanol–water partition coefficient (Wildman–Crippen LogP) is 2.68. The minimum atomic E-state index is 0. The first-order valence-electron chi connectivity index (χ1n) is 10.6. The summed E-state index contributed by atoms with van der Waals surface area (Å²) < 4.78 is 0. The van der Waals surface area contributed by atoms with Crippen LogP contribution in [0.25, 0.3) is 0 Å². The van der Waals surface area contributed by atoms with Crippen LogP contribution in [0.5, 0.6) is 0 Å². The van der Waals surface area contributed by atoms with Gasteiger partial charge in [0.1, 0.15) is 0 Å². The molecule has 0 unspecified atom stereocenters. The number of halogens is 1. The van der Waals surface area contributed by atoms with E-state index in [-0.39, 0.29) is 35.9 Å².